The summed E-state index contributed by atoms with van der Waals surface area (Å²) >= 11 is 0. The van der Waals surface area contributed by atoms with Crippen LogP contribution in [0.3, 0.4) is 0 Å². The lowest BCUT2D eigenvalue weighted by atomic mass is 10.0. The summed E-state index contributed by atoms with van der Waals surface area (Å²) in [6, 6.07) is -3.51. The number of hydrogen-bond donors (Lipinski definition) is 3. The summed E-state index contributed by atoms with van der Waals surface area (Å²) in [5.74, 6) is -5.42. The first-order valence-corrected chi connectivity index (χ1v) is 14.7. The molecule has 4 rings (SSSR count). The number of fused-ring (bicyclic) bond motifs is 2. The van der Waals surface area contributed by atoms with Crippen molar-refractivity contribution >= 4 is 35.5 Å². The Labute approximate surface area is 253 Å². The van der Waals surface area contributed by atoms with E-state index in [2.05, 4.69) is 16.4 Å². The molecule has 15 heteroatoms. The van der Waals surface area contributed by atoms with Crippen molar-refractivity contribution < 1.29 is 48.0 Å². The molecule has 1 aromatic rings. The summed E-state index contributed by atoms with van der Waals surface area (Å²) in [4.78, 5) is 83.7. The standard InChI is InChI=1S/C29H38F2N6O7/c1-15-26(40)37-9-5-7-23(37)29(43)44-14-21(34-25(39)20(32)12-17-10-18(30)13-19(31)11-17)27(41)36-8-4-6-22(36)28(42)35(3)16(2)24(38)33-15/h10-11,13,15-16,20-23H,4-9,12,14,32H2,1-3H3,(H,33,38)(H,34,39)/p+1/t15-,16-,20-,21-,22-,23-/m0/s1. The number of carbonyl (C=O) groups excluding carboxylic acids is 6. The fourth-order valence-electron chi connectivity index (χ4n) is 5.84. The number of carbonyl (C=O) groups is 6. The first-order chi connectivity index (χ1) is 20.8. The van der Waals surface area contributed by atoms with Crippen molar-refractivity contribution in [2.45, 2.75) is 82.2 Å². The van der Waals surface area contributed by atoms with Crippen LogP contribution < -0.4 is 16.4 Å². The van der Waals surface area contributed by atoms with E-state index in [1.165, 1.54) is 35.6 Å². The molecule has 3 fully saturated rings. The Hall–Kier alpha value is -4.14. The first-order valence-electron chi connectivity index (χ1n) is 14.7. The van der Waals surface area contributed by atoms with Gasteiger partial charge in [0.05, 0.1) is 0 Å². The zero-order chi connectivity index (χ0) is 32.3. The molecule has 0 aromatic heterocycles. The summed E-state index contributed by atoms with van der Waals surface area (Å²) < 4.78 is 32.9. The molecule has 5 N–H and O–H groups in total. The molecule has 1 aromatic carbocycles. The molecule has 3 heterocycles. The quantitative estimate of drug-likeness (QED) is 0.343. The normalized spacial score (nSPS) is 27.9. The number of nitrogens with one attached hydrogen (secondary N) is 2. The van der Waals surface area contributed by atoms with E-state index in [-0.39, 0.29) is 25.1 Å². The first kappa shape index (κ1) is 32.8. The minimum absolute atomic E-state index is 0.145. The summed E-state index contributed by atoms with van der Waals surface area (Å²) in [5.41, 5.74) is 3.95. The molecule has 0 spiro atoms. The number of likely N-dealkylation sites (N-methyl/N-ethyl adjacent to an activating group) is 1. The van der Waals surface area contributed by atoms with Gasteiger partial charge < -0.3 is 35.8 Å². The SMILES string of the molecule is C[C@@H]1NC(=O)[C@H](C)N(C)C(=O)[C@@H]2CCCN2C(=O)[C@@H](NC(=O)[C@@H]([NH3+])Cc2cc(F)cc(F)c2)COC(=O)[C@@H]2CCCN2C1=O. The number of amides is 5. The van der Waals surface area contributed by atoms with Gasteiger partial charge in [-0.15, -0.1) is 0 Å². The van der Waals surface area contributed by atoms with Crippen LogP contribution in [0.5, 0.6) is 0 Å². The number of cyclic esters (lactones) is 1. The second kappa shape index (κ2) is 13.7. The molecular formula is C29H39F2N6O7+. The van der Waals surface area contributed by atoms with Gasteiger partial charge in [0.1, 0.15) is 48.5 Å². The monoisotopic (exact) mass is 621 g/mol. The van der Waals surface area contributed by atoms with Gasteiger partial charge in [0.2, 0.25) is 23.6 Å². The van der Waals surface area contributed by atoms with Gasteiger partial charge in [-0.25, -0.2) is 13.6 Å². The molecule has 13 nitrogen and oxygen atoms in total. The second-order valence-corrected chi connectivity index (χ2v) is 11.6. The van der Waals surface area contributed by atoms with Crippen LogP contribution in [0.25, 0.3) is 0 Å². The van der Waals surface area contributed by atoms with Crippen molar-refractivity contribution in [3.8, 4) is 0 Å². The average Bonchev–Trinajstić information content (AvgIpc) is 3.66. The zero-order valence-corrected chi connectivity index (χ0v) is 25.0. The van der Waals surface area contributed by atoms with E-state index in [4.69, 9.17) is 4.74 Å². The van der Waals surface area contributed by atoms with E-state index in [0.717, 1.165) is 12.1 Å². The molecule has 0 radical (unpaired) electrons. The number of nitrogens with zero attached hydrogens (tertiary/aromatic N) is 3. The molecule has 44 heavy (non-hydrogen) atoms. The van der Waals surface area contributed by atoms with Gasteiger partial charge in [0.25, 0.3) is 5.91 Å². The van der Waals surface area contributed by atoms with E-state index in [1.54, 1.807) is 0 Å². The van der Waals surface area contributed by atoms with E-state index < -0.39 is 90.0 Å². The van der Waals surface area contributed by atoms with Gasteiger partial charge in [0, 0.05) is 32.6 Å². The minimum atomic E-state index is -1.42. The lowest BCUT2D eigenvalue weighted by Crippen LogP contribution is -2.70. The van der Waals surface area contributed by atoms with Crippen molar-refractivity contribution in [2.75, 3.05) is 26.7 Å². The highest BCUT2D eigenvalue weighted by atomic mass is 19.1. The van der Waals surface area contributed by atoms with Gasteiger partial charge in [-0.3, -0.25) is 24.0 Å². The molecular weight excluding hydrogens is 582 g/mol. The number of hydrogen-bond acceptors (Lipinski definition) is 7. The molecule has 0 aliphatic carbocycles. The van der Waals surface area contributed by atoms with Crippen LogP contribution >= 0.6 is 0 Å². The number of quaternary nitrogens is 1. The third-order valence-electron chi connectivity index (χ3n) is 8.45. The van der Waals surface area contributed by atoms with Crippen LogP contribution in [0.15, 0.2) is 18.2 Å². The van der Waals surface area contributed by atoms with Crippen molar-refractivity contribution in [3.63, 3.8) is 0 Å². The molecule has 3 saturated heterocycles. The Morgan fingerprint density at radius 3 is 2.20 bits per heavy atom. The second-order valence-electron chi connectivity index (χ2n) is 11.6. The van der Waals surface area contributed by atoms with Crippen LogP contribution in [0.2, 0.25) is 0 Å². The number of rotatable bonds is 4. The van der Waals surface area contributed by atoms with E-state index >= 15 is 0 Å². The van der Waals surface area contributed by atoms with Crippen LogP contribution in [-0.2, 0) is 39.9 Å². The Bertz CT molecular complexity index is 1310. The fourth-order valence-corrected chi connectivity index (χ4v) is 5.84. The van der Waals surface area contributed by atoms with Gasteiger partial charge in [-0.05, 0) is 57.2 Å². The molecule has 0 unspecified atom stereocenters. The number of ether oxygens (including phenoxy) is 1. The zero-order valence-electron chi connectivity index (χ0n) is 25.0. The highest BCUT2D eigenvalue weighted by Gasteiger charge is 2.43. The smallest absolute Gasteiger partial charge is 0.328 e. The molecule has 3 aliphatic heterocycles. The van der Waals surface area contributed by atoms with E-state index in [9.17, 15) is 37.5 Å². The third kappa shape index (κ3) is 7.14. The van der Waals surface area contributed by atoms with Crippen LogP contribution in [0.1, 0.15) is 45.1 Å². The maximum absolute atomic E-state index is 13.8. The Balaban J connectivity index is 1.61. The Morgan fingerprint density at radius 2 is 1.57 bits per heavy atom. The van der Waals surface area contributed by atoms with Gasteiger partial charge in [-0.2, -0.15) is 0 Å². The minimum Gasteiger partial charge on any atom is -0.461 e. The van der Waals surface area contributed by atoms with Crippen molar-refractivity contribution in [2.24, 2.45) is 0 Å². The van der Waals surface area contributed by atoms with Crippen molar-refractivity contribution in [1.82, 2.24) is 25.3 Å². The Kier molecular flexibility index (Phi) is 10.2. The van der Waals surface area contributed by atoms with Gasteiger partial charge >= 0.3 is 5.97 Å². The average molecular weight is 622 g/mol. The maximum atomic E-state index is 13.8. The van der Waals surface area contributed by atoms with Crippen LogP contribution in [0.4, 0.5) is 8.78 Å². The number of esters is 1. The number of halogens is 2. The van der Waals surface area contributed by atoms with E-state index in [0.29, 0.717) is 31.7 Å². The van der Waals surface area contributed by atoms with Crippen molar-refractivity contribution in [3.05, 3.63) is 35.4 Å². The fraction of sp³-hybridized carbons (Fsp3) is 0.586. The summed E-state index contributed by atoms with van der Waals surface area (Å²) in [6.07, 6.45) is 1.46. The molecule has 6 atom stereocenters. The summed E-state index contributed by atoms with van der Waals surface area (Å²) in [7, 11) is 1.43. The maximum Gasteiger partial charge on any atom is 0.328 e. The predicted molar refractivity (Wildman–Crippen MR) is 149 cm³/mol. The van der Waals surface area contributed by atoms with E-state index in [1.807, 2.05) is 0 Å². The van der Waals surface area contributed by atoms with Gasteiger partial charge in [-0.1, -0.05) is 0 Å². The topological polar surface area (TPSA) is 173 Å². The highest BCUT2D eigenvalue weighted by Crippen LogP contribution is 2.23. The number of benzene rings is 1. The predicted octanol–water partition coefficient (Wildman–Crippen LogP) is -1.51. The largest absolute Gasteiger partial charge is 0.461 e. The van der Waals surface area contributed by atoms with Gasteiger partial charge in [0.15, 0.2) is 6.04 Å². The summed E-state index contributed by atoms with van der Waals surface area (Å²) in [5, 5.41) is 5.16. The lowest BCUT2D eigenvalue weighted by molar-refractivity contribution is -0.403. The third-order valence-corrected chi connectivity index (χ3v) is 8.45. The molecule has 5 amide bonds. The highest BCUT2D eigenvalue weighted by molar-refractivity contribution is 5.97. The van der Waals surface area contributed by atoms with Crippen LogP contribution in [-0.4, -0.2) is 113 Å². The van der Waals surface area contributed by atoms with Crippen molar-refractivity contribution in [1.29, 1.82) is 0 Å². The molecule has 0 saturated carbocycles. The molecule has 0 bridgehead atoms. The molecule has 3 aliphatic rings. The Morgan fingerprint density at radius 1 is 0.977 bits per heavy atom. The summed E-state index contributed by atoms with van der Waals surface area (Å²) in [6.45, 7) is 2.86. The molecule has 240 valence electrons. The van der Waals surface area contributed by atoms with Crippen LogP contribution in [0, 0.1) is 11.6 Å². The lowest BCUT2D eigenvalue weighted by Gasteiger charge is -2.34.